The first-order chi connectivity index (χ1) is 13.4. The lowest BCUT2D eigenvalue weighted by Gasteiger charge is -2.11. The first-order valence-corrected chi connectivity index (χ1v) is 8.61. The Morgan fingerprint density at radius 2 is 1.64 bits per heavy atom. The number of nitrogens with one attached hydrogen (secondary N) is 1. The number of benzene rings is 2. The molecule has 28 heavy (non-hydrogen) atoms. The van der Waals surface area contributed by atoms with Crippen LogP contribution in [0.3, 0.4) is 0 Å². The zero-order valence-corrected chi connectivity index (χ0v) is 15.0. The van der Waals surface area contributed by atoms with Gasteiger partial charge in [-0.1, -0.05) is 29.8 Å². The number of rotatable bonds is 3. The molecule has 1 N–H and O–H groups in total. The summed E-state index contributed by atoms with van der Waals surface area (Å²) in [7, 11) is 0. The number of aromatic nitrogens is 3. The molecular weight excluding hydrogens is 389 g/mol. The first-order valence-electron chi connectivity index (χ1n) is 8.23. The van der Waals surface area contributed by atoms with E-state index in [4.69, 9.17) is 11.6 Å². The van der Waals surface area contributed by atoms with Gasteiger partial charge in [0.25, 0.3) is 0 Å². The van der Waals surface area contributed by atoms with Gasteiger partial charge in [0.05, 0.1) is 16.8 Å². The Bertz CT molecular complexity index is 1140. The Morgan fingerprint density at radius 3 is 2.39 bits per heavy atom. The SMILES string of the molecule is FC(F)(F)c1ccc(Nc2nc(Cl)cc(-c3ccnc4ccccc34)n2)cc1. The Kier molecular flexibility index (Phi) is 4.60. The molecule has 8 heteroatoms. The average molecular weight is 401 g/mol. The van der Waals surface area contributed by atoms with E-state index in [9.17, 15) is 13.2 Å². The van der Waals surface area contributed by atoms with E-state index in [2.05, 4.69) is 20.3 Å². The Morgan fingerprint density at radius 1 is 0.893 bits per heavy atom. The van der Waals surface area contributed by atoms with E-state index in [0.29, 0.717) is 11.4 Å². The van der Waals surface area contributed by atoms with Crippen LogP contribution >= 0.6 is 11.6 Å². The zero-order chi connectivity index (χ0) is 19.7. The van der Waals surface area contributed by atoms with Crippen molar-refractivity contribution in [2.75, 3.05) is 5.32 Å². The van der Waals surface area contributed by atoms with Gasteiger partial charge in [0.2, 0.25) is 5.95 Å². The lowest BCUT2D eigenvalue weighted by molar-refractivity contribution is -0.137. The van der Waals surface area contributed by atoms with Crippen molar-refractivity contribution in [1.82, 2.24) is 15.0 Å². The van der Waals surface area contributed by atoms with Crippen LogP contribution in [-0.4, -0.2) is 15.0 Å². The van der Waals surface area contributed by atoms with Crippen LogP contribution in [0.15, 0.2) is 66.9 Å². The topological polar surface area (TPSA) is 50.7 Å². The van der Waals surface area contributed by atoms with Crippen LogP contribution in [0.25, 0.3) is 22.2 Å². The number of pyridine rings is 1. The molecular formula is C20H12ClF3N4. The first kappa shape index (κ1) is 18.2. The smallest absolute Gasteiger partial charge is 0.324 e. The quantitative estimate of drug-likeness (QED) is 0.422. The highest BCUT2D eigenvalue weighted by atomic mass is 35.5. The molecule has 0 spiro atoms. The largest absolute Gasteiger partial charge is 0.416 e. The zero-order valence-electron chi connectivity index (χ0n) is 14.2. The lowest BCUT2D eigenvalue weighted by Crippen LogP contribution is -2.05. The molecule has 4 rings (SSSR count). The Hall–Kier alpha value is -3.19. The monoisotopic (exact) mass is 400 g/mol. The third-order valence-corrected chi connectivity index (χ3v) is 4.28. The molecule has 0 aliphatic carbocycles. The molecule has 0 saturated heterocycles. The molecule has 0 atom stereocenters. The van der Waals surface area contributed by atoms with Gasteiger partial charge in [0.15, 0.2) is 0 Å². The summed E-state index contributed by atoms with van der Waals surface area (Å²) in [5.41, 5.74) is 1.90. The maximum atomic E-state index is 12.7. The molecule has 0 radical (unpaired) electrons. The minimum absolute atomic E-state index is 0.183. The van der Waals surface area contributed by atoms with Crippen LogP contribution in [0, 0.1) is 0 Å². The second-order valence-corrected chi connectivity index (χ2v) is 6.36. The third-order valence-electron chi connectivity index (χ3n) is 4.09. The highest BCUT2D eigenvalue weighted by Gasteiger charge is 2.29. The molecule has 2 aromatic carbocycles. The number of para-hydroxylation sites is 1. The normalized spacial score (nSPS) is 11.6. The van der Waals surface area contributed by atoms with E-state index in [0.717, 1.165) is 28.6 Å². The number of hydrogen-bond acceptors (Lipinski definition) is 4. The molecule has 0 amide bonds. The molecule has 4 aromatic rings. The van der Waals surface area contributed by atoms with E-state index >= 15 is 0 Å². The van der Waals surface area contributed by atoms with Crippen LogP contribution < -0.4 is 5.32 Å². The fourth-order valence-electron chi connectivity index (χ4n) is 2.80. The van der Waals surface area contributed by atoms with Gasteiger partial charge in [-0.05, 0) is 36.4 Å². The molecule has 0 aliphatic rings. The maximum Gasteiger partial charge on any atom is 0.416 e. The summed E-state index contributed by atoms with van der Waals surface area (Å²) in [4.78, 5) is 12.9. The van der Waals surface area contributed by atoms with Gasteiger partial charge in [-0.15, -0.1) is 0 Å². The van der Waals surface area contributed by atoms with E-state index in [1.54, 1.807) is 12.3 Å². The minimum atomic E-state index is -4.39. The highest BCUT2D eigenvalue weighted by Crippen LogP contribution is 2.31. The predicted octanol–water partition coefficient (Wildman–Crippen LogP) is 6.11. The van der Waals surface area contributed by atoms with E-state index in [-0.39, 0.29) is 11.1 Å². The summed E-state index contributed by atoms with van der Waals surface area (Å²) >= 11 is 6.15. The molecule has 0 aliphatic heterocycles. The van der Waals surface area contributed by atoms with Crippen LogP contribution in [0.4, 0.5) is 24.8 Å². The maximum absolute atomic E-state index is 12.7. The highest BCUT2D eigenvalue weighted by molar-refractivity contribution is 6.29. The summed E-state index contributed by atoms with van der Waals surface area (Å²) in [5.74, 6) is 0.183. The molecule has 2 heterocycles. The number of nitrogens with zero attached hydrogens (tertiary/aromatic N) is 3. The second kappa shape index (κ2) is 7.09. The van der Waals surface area contributed by atoms with Crippen LogP contribution in [0.5, 0.6) is 0 Å². The minimum Gasteiger partial charge on any atom is -0.324 e. The summed E-state index contributed by atoms with van der Waals surface area (Å²) < 4.78 is 38.1. The number of anilines is 2. The van der Waals surface area contributed by atoms with Crippen molar-refractivity contribution < 1.29 is 13.2 Å². The van der Waals surface area contributed by atoms with Gasteiger partial charge < -0.3 is 5.32 Å². The predicted molar refractivity (Wildman–Crippen MR) is 103 cm³/mol. The summed E-state index contributed by atoms with van der Waals surface area (Å²) in [6, 6.07) is 15.7. The fraction of sp³-hybridized carbons (Fsp3) is 0.0500. The van der Waals surface area contributed by atoms with Crippen molar-refractivity contribution in [3.8, 4) is 11.3 Å². The van der Waals surface area contributed by atoms with Gasteiger partial charge in [-0.25, -0.2) is 9.97 Å². The van der Waals surface area contributed by atoms with Gasteiger partial charge in [-0.3, -0.25) is 4.98 Å². The third kappa shape index (κ3) is 3.75. The molecule has 0 saturated carbocycles. The summed E-state index contributed by atoms with van der Waals surface area (Å²) in [6.45, 7) is 0. The van der Waals surface area contributed by atoms with Crippen molar-refractivity contribution in [3.05, 3.63) is 77.6 Å². The number of alkyl halides is 3. The van der Waals surface area contributed by atoms with Crippen molar-refractivity contribution in [2.45, 2.75) is 6.18 Å². The molecule has 0 fully saturated rings. The fourth-order valence-corrected chi connectivity index (χ4v) is 2.99. The van der Waals surface area contributed by atoms with Gasteiger partial charge in [-0.2, -0.15) is 13.2 Å². The molecule has 0 unspecified atom stereocenters. The van der Waals surface area contributed by atoms with Crippen molar-refractivity contribution >= 4 is 34.1 Å². The second-order valence-electron chi connectivity index (χ2n) is 5.98. The molecule has 4 nitrogen and oxygen atoms in total. The van der Waals surface area contributed by atoms with E-state index in [1.807, 2.05) is 30.3 Å². The van der Waals surface area contributed by atoms with E-state index in [1.165, 1.54) is 12.1 Å². The molecule has 140 valence electrons. The van der Waals surface area contributed by atoms with Crippen molar-refractivity contribution in [3.63, 3.8) is 0 Å². The van der Waals surface area contributed by atoms with Crippen LogP contribution in [0.2, 0.25) is 5.15 Å². The van der Waals surface area contributed by atoms with Crippen molar-refractivity contribution in [2.24, 2.45) is 0 Å². The molecule has 2 aromatic heterocycles. The molecule has 0 bridgehead atoms. The lowest BCUT2D eigenvalue weighted by atomic mass is 10.1. The average Bonchev–Trinajstić information content (AvgIpc) is 2.67. The van der Waals surface area contributed by atoms with Gasteiger partial charge in [0.1, 0.15) is 5.15 Å². The summed E-state index contributed by atoms with van der Waals surface area (Å²) in [6.07, 6.45) is -2.71. The van der Waals surface area contributed by atoms with Gasteiger partial charge in [0, 0.05) is 28.9 Å². The summed E-state index contributed by atoms with van der Waals surface area (Å²) in [5, 5.41) is 4.00. The number of halogens is 4. The van der Waals surface area contributed by atoms with Gasteiger partial charge >= 0.3 is 6.18 Å². The Balaban J connectivity index is 1.70. The number of fused-ring (bicyclic) bond motifs is 1. The standard InChI is InChI=1S/C20H12ClF3N4/c21-18-11-17(15-9-10-25-16-4-2-1-3-14(15)16)27-19(28-18)26-13-7-5-12(6-8-13)20(22,23)24/h1-11H,(H,26,27,28). The Labute approximate surface area is 163 Å². The van der Waals surface area contributed by atoms with E-state index < -0.39 is 11.7 Å². The van der Waals surface area contributed by atoms with Crippen LogP contribution in [0.1, 0.15) is 5.56 Å². The van der Waals surface area contributed by atoms with Crippen LogP contribution in [-0.2, 0) is 6.18 Å². The van der Waals surface area contributed by atoms with Crippen molar-refractivity contribution in [1.29, 1.82) is 0 Å². The number of hydrogen-bond donors (Lipinski definition) is 1.